The summed E-state index contributed by atoms with van der Waals surface area (Å²) in [5, 5.41) is 12.4. The molecular formula is C18H22BrNO2. The molecule has 22 heavy (non-hydrogen) atoms. The third-order valence-electron chi connectivity index (χ3n) is 4.63. The maximum Gasteiger partial charge on any atom is 0.231 e. The topological polar surface area (TPSA) is 46.3 Å². The molecule has 1 aliphatic carbocycles. The molecule has 0 unspecified atom stereocenters. The first kappa shape index (κ1) is 15.8. The number of benzene rings is 1. The quantitative estimate of drug-likeness (QED) is 0.799. The minimum absolute atomic E-state index is 0.166. The zero-order chi connectivity index (χ0) is 15.4. The molecule has 1 saturated carbocycles. The predicted molar refractivity (Wildman–Crippen MR) is 90.0 cm³/mol. The number of oxazole rings is 1. The van der Waals surface area contributed by atoms with Crippen molar-refractivity contribution in [3.63, 3.8) is 0 Å². The minimum Gasteiger partial charge on any atom is -0.442 e. The molecule has 1 fully saturated rings. The van der Waals surface area contributed by atoms with Gasteiger partial charge in [-0.25, -0.2) is 4.98 Å². The van der Waals surface area contributed by atoms with Gasteiger partial charge in [0, 0.05) is 17.7 Å². The number of alkyl halides is 1. The fourth-order valence-corrected chi connectivity index (χ4v) is 3.83. The number of rotatable bonds is 5. The average molecular weight is 364 g/mol. The van der Waals surface area contributed by atoms with E-state index in [4.69, 9.17) is 4.42 Å². The predicted octanol–water partition coefficient (Wildman–Crippen LogP) is 4.43. The van der Waals surface area contributed by atoms with Gasteiger partial charge in [-0.3, -0.25) is 0 Å². The molecule has 0 aliphatic heterocycles. The van der Waals surface area contributed by atoms with Crippen molar-refractivity contribution in [1.82, 2.24) is 4.98 Å². The van der Waals surface area contributed by atoms with Crippen LogP contribution in [0.15, 0.2) is 40.9 Å². The Morgan fingerprint density at radius 3 is 2.59 bits per heavy atom. The maximum absolute atomic E-state index is 11.6. The molecule has 2 aromatic rings. The molecular weight excluding hydrogens is 342 g/mol. The van der Waals surface area contributed by atoms with E-state index in [2.05, 4.69) is 20.9 Å². The lowest BCUT2D eigenvalue weighted by Crippen LogP contribution is -2.38. The lowest BCUT2D eigenvalue weighted by molar-refractivity contribution is -0.0238. The SMILES string of the molecule is O[C@@](c1ccccc1)(c1ncc(CCBr)o1)C1CCCCC1. The van der Waals surface area contributed by atoms with Crippen molar-refractivity contribution in [2.45, 2.75) is 44.1 Å². The van der Waals surface area contributed by atoms with Crippen LogP contribution in [0.4, 0.5) is 0 Å². The molecule has 0 radical (unpaired) electrons. The van der Waals surface area contributed by atoms with Gasteiger partial charge in [0.05, 0.1) is 6.20 Å². The molecule has 3 rings (SSSR count). The highest BCUT2D eigenvalue weighted by molar-refractivity contribution is 9.09. The van der Waals surface area contributed by atoms with Crippen LogP contribution >= 0.6 is 15.9 Å². The van der Waals surface area contributed by atoms with Crippen molar-refractivity contribution in [2.24, 2.45) is 5.92 Å². The molecule has 0 saturated heterocycles. The van der Waals surface area contributed by atoms with E-state index >= 15 is 0 Å². The second-order valence-electron chi connectivity index (χ2n) is 6.04. The fraction of sp³-hybridized carbons (Fsp3) is 0.500. The average Bonchev–Trinajstić information content (AvgIpc) is 3.05. The van der Waals surface area contributed by atoms with Crippen LogP contribution in [0, 0.1) is 5.92 Å². The molecule has 1 heterocycles. The molecule has 1 aliphatic rings. The highest BCUT2D eigenvalue weighted by Gasteiger charge is 2.44. The van der Waals surface area contributed by atoms with Crippen molar-refractivity contribution in [2.75, 3.05) is 5.33 Å². The van der Waals surface area contributed by atoms with Gasteiger partial charge in [0.15, 0.2) is 5.60 Å². The van der Waals surface area contributed by atoms with E-state index in [1.165, 1.54) is 6.42 Å². The first-order valence-corrected chi connectivity index (χ1v) is 9.16. The number of nitrogens with zero attached hydrogens (tertiary/aromatic N) is 1. The van der Waals surface area contributed by atoms with Gasteiger partial charge in [-0.1, -0.05) is 65.5 Å². The summed E-state index contributed by atoms with van der Waals surface area (Å²) in [5.74, 6) is 1.43. The Kier molecular flexibility index (Phi) is 4.99. The molecule has 118 valence electrons. The van der Waals surface area contributed by atoms with Crippen LogP contribution in [0.2, 0.25) is 0 Å². The lowest BCUT2D eigenvalue weighted by Gasteiger charge is -2.36. The van der Waals surface area contributed by atoms with Crippen LogP contribution in [-0.4, -0.2) is 15.4 Å². The number of aromatic nitrogens is 1. The van der Waals surface area contributed by atoms with Gasteiger partial charge < -0.3 is 9.52 Å². The summed E-state index contributed by atoms with van der Waals surface area (Å²) in [4.78, 5) is 4.42. The van der Waals surface area contributed by atoms with Gasteiger partial charge in [0.25, 0.3) is 0 Å². The second kappa shape index (κ2) is 6.97. The van der Waals surface area contributed by atoms with Gasteiger partial charge in [-0.2, -0.15) is 0 Å². The summed E-state index contributed by atoms with van der Waals surface area (Å²) in [6.07, 6.45) is 8.13. The number of hydrogen-bond acceptors (Lipinski definition) is 3. The number of aliphatic hydroxyl groups is 1. The van der Waals surface area contributed by atoms with Crippen LogP contribution in [-0.2, 0) is 12.0 Å². The zero-order valence-corrected chi connectivity index (χ0v) is 14.3. The molecule has 1 aromatic heterocycles. The van der Waals surface area contributed by atoms with Crippen LogP contribution in [0.3, 0.4) is 0 Å². The normalized spacial score (nSPS) is 19.0. The molecule has 3 nitrogen and oxygen atoms in total. The van der Waals surface area contributed by atoms with Gasteiger partial charge in [-0.15, -0.1) is 0 Å². The number of halogens is 1. The van der Waals surface area contributed by atoms with Crippen LogP contribution in [0.5, 0.6) is 0 Å². The Balaban J connectivity index is 2.01. The van der Waals surface area contributed by atoms with Crippen molar-refractivity contribution >= 4 is 15.9 Å². The Labute approximate surface area is 139 Å². The summed E-state index contributed by atoms with van der Waals surface area (Å²) in [6.45, 7) is 0. The summed E-state index contributed by atoms with van der Waals surface area (Å²) >= 11 is 3.42. The third kappa shape index (κ3) is 2.99. The fourth-order valence-electron chi connectivity index (χ4n) is 3.44. The molecule has 4 heteroatoms. The first-order valence-electron chi connectivity index (χ1n) is 8.04. The Hall–Kier alpha value is -1.13. The molecule has 1 atom stereocenters. The first-order chi connectivity index (χ1) is 10.7. The summed E-state index contributed by atoms with van der Waals surface area (Å²) in [7, 11) is 0. The Morgan fingerprint density at radius 1 is 1.18 bits per heavy atom. The zero-order valence-electron chi connectivity index (χ0n) is 12.7. The van der Waals surface area contributed by atoms with E-state index < -0.39 is 5.60 Å². The Bertz CT molecular complexity index is 592. The van der Waals surface area contributed by atoms with Crippen molar-refractivity contribution in [3.05, 3.63) is 53.7 Å². The summed E-state index contributed by atoms with van der Waals surface area (Å²) in [5.41, 5.74) is -0.235. The maximum atomic E-state index is 11.6. The standard InChI is InChI=1S/C18H22BrNO2/c19-12-11-16-13-20-17(22-16)18(21,14-7-3-1-4-8-14)15-9-5-2-6-10-15/h1,3-4,7-8,13,15,21H,2,5-6,9-12H2/t18-/m1/s1. The van der Waals surface area contributed by atoms with Crippen molar-refractivity contribution in [1.29, 1.82) is 0 Å². The summed E-state index contributed by atoms with van der Waals surface area (Å²) < 4.78 is 5.91. The van der Waals surface area contributed by atoms with E-state index in [1.54, 1.807) is 6.20 Å². The van der Waals surface area contributed by atoms with E-state index in [9.17, 15) is 5.11 Å². The van der Waals surface area contributed by atoms with E-state index in [1.807, 2.05) is 30.3 Å². The second-order valence-corrected chi connectivity index (χ2v) is 6.83. The van der Waals surface area contributed by atoms with Crippen LogP contribution in [0.25, 0.3) is 0 Å². The molecule has 1 N–H and O–H groups in total. The van der Waals surface area contributed by atoms with Gasteiger partial charge >= 0.3 is 0 Å². The smallest absolute Gasteiger partial charge is 0.231 e. The van der Waals surface area contributed by atoms with E-state index in [0.29, 0.717) is 5.89 Å². The van der Waals surface area contributed by atoms with Crippen LogP contribution < -0.4 is 0 Å². The van der Waals surface area contributed by atoms with Gasteiger partial charge in [0.1, 0.15) is 5.76 Å². The van der Waals surface area contributed by atoms with E-state index in [-0.39, 0.29) is 5.92 Å². The highest BCUT2D eigenvalue weighted by atomic mass is 79.9. The summed E-state index contributed by atoms with van der Waals surface area (Å²) in [6, 6.07) is 9.85. The molecule has 1 aromatic carbocycles. The highest BCUT2D eigenvalue weighted by Crippen LogP contribution is 2.43. The monoisotopic (exact) mass is 363 g/mol. The molecule has 0 bridgehead atoms. The van der Waals surface area contributed by atoms with Gasteiger partial charge in [-0.05, 0) is 18.4 Å². The van der Waals surface area contributed by atoms with Crippen LogP contribution in [0.1, 0.15) is 49.3 Å². The third-order valence-corrected chi connectivity index (χ3v) is 5.03. The molecule has 0 spiro atoms. The number of hydrogen-bond donors (Lipinski definition) is 1. The van der Waals surface area contributed by atoms with E-state index in [0.717, 1.165) is 48.8 Å². The number of aryl methyl sites for hydroxylation is 1. The minimum atomic E-state index is -1.12. The Morgan fingerprint density at radius 2 is 1.91 bits per heavy atom. The molecule has 0 amide bonds. The van der Waals surface area contributed by atoms with Crippen molar-refractivity contribution < 1.29 is 9.52 Å². The largest absolute Gasteiger partial charge is 0.442 e. The van der Waals surface area contributed by atoms with Gasteiger partial charge in [0.2, 0.25) is 5.89 Å². The lowest BCUT2D eigenvalue weighted by atomic mass is 9.73. The van der Waals surface area contributed by atoms with Crippen molar-refractivity contribution in [3.8, 4) is 0 Å².